The summed E-state index contributed by atoms with van der Waals surface area (Å²) >= 11 is 3.40. The van der Waals surface area contributed by atoms with Crippen LogP contribution in [0.15, 0.2) is 40.9 Å². The number of hydrogen-bond donors (Lipinski definition) is 0. The number of carbonyl (C=O) groups excluding carboxylic acids is 1. The summed E-state index contributed by atoms with van der Waals surface area (Å²) in [6, 6.07) is 11.6. The number of carbonyl (C=O) groups is 1. The molecule has 0 bridgehead atoms. The fourth-order valence-electron chi connectivity index (χ4n) is 2.40. The summed E-state index contributed by atoms with van der Waals surface area (Å²) in [5, 5.41) is 0. The third kappa shape index (κ3) is 3.28. The molecule has 0 unspecified atom stereocenters. The Morgan fingerprint density at radius 3 is 2.30 bits per heavy atom. The first-order chi connectivity index (χ1) is 9.49. The molecule has 2 aromatic carbocycles. The molecule has 20 heavy (non-hydrogen) atoms. The van der Waals surface area contributed by atoms with E-state index in [4.69, 9.17) is 4.74 Å². The van der Waals surface area contributed by atoms with Crippen molar-refractivity contribution in [3.05, 3.63) is 63.1 Å². The van der Waals surface area contributed by atoms with Gasteiger partial charge in [-0.1, -0.05) is 29.8 Å². The minimum atomic E-state index is 0.00996. The molecule has 2 rings (SSSR count). The molecule has 0 aromatic heterocycles. The first kappa shape index (κ1) is 14.8. The molecule has 0 aliphatic rings. The molecule has 0 aliphatic carbocycles. The molecule has 2 aromatic rings. The SMILES string of the molecule is Cc1cc(C)c(C(=O)COc2ccccc2Br)c(C)c1. The molecule has 0 atom stereocenters. The lowest BCUT2D eigenvalue weighted by atomic mass is 9.97. The molecule has 0 amide bonds. The van der Waals surface area contributed by atoms with E-state index in [2.05, 4.69) is 15.9 Å². The summed E-state index contributed by atoms with van der Waals surface area (Å²) in [4.78, 5) is 12.3. The summed E-state index contributed by atoms with van der Waals surface area (Å²) < 4.78 is 6.45. The average molecular weight is 333 g/mol. The second-order valence-electron chi connectivity index (χ2n) is 4.92. The summed E-state index contributed by atoms with van der Waals surface area (Å²) in [6.45, 7) is 6.01. The molecule has 0 heterocycles. The van der Waals surface area contributed by atoms with Crippen LogP contribution in [0, 0.1) is 20.8 Å². The van der Waals surface area contributed by atoms with Gasteiger partial charge in [-0.2, -0.15) is 0 Å². The van der Waals surface area contributed by atoms with E-state index in [0.717, 1.165) is 21.2 Å². The number of halogens is 1. The van der Waals surface area contributed by atoms with Crippen LogP contribution < -0.4 is 4.74 Å². The summed E-state index contributed by atoms with van der Waals surface area (Å²) in [5.41, 5.74) is 3.94. The minimum Gasteiger partial charge on any atom is -0.484 e. The topological polar surface area (TPSA) is 26.3 Å². The molecule has 2 nitrogen and oxygen atoms in total. The quantitative estimate of drug-likeness (QED) is 0.762. The van der Waals surface area contributed by atoms with Crippen LogP contribution >= 0.6 is 15.9 Å². The maximum atomic E-state index is 12.3. The van der Waals surface area contributed by atoms with E-state index < -0.39 is 0 Å². The number of ketones is 1. The fourth-order valence-corrected chi connectivity index (χ4v) is 2.80. The Balaban J connectivity index is 2.16. The van der Waals surface area contributed by atoms with Crippen LogP contribution in [0.4, 0.5) is 0 Å². The van der Waals surface area contributed by atoms with E-state index in [1.54, 1.807) is 0 Å². The Morgan fingerprint density at radius 1 is 1.10 bits per heavy atom. The Morgan fingerprint density at radius 2 is 1.70 bits per heavy atom. The number of benzene rings is 2. The van der Waals surface area contributed by atoms with Gasteiger partial charge < -0.3 is 4.74 Å². The van der Waals surface area contributed by atoms with Gasteiger partial charge in [0.1, 0.15) is 5.75 Å². The van der Waals surface area contributed by atoms with E-state index >= 15 is 0 Å². The van der Waals surface area contributed by atoms with Gasteiger partial charge in [-0.05, 0) is 60.0 Å². The van der Waals surface area contributed by atoms with Gasteiger partial charge >= 0.3 is 0 Å². The number of Topliss-reactive ketones (excluding diaryl/α,β-unsaturated/α-hetero) is 1. The van der Waals surface area contributed by atoms with Crippen molar-refractivity contribution in [1.29, 1.82) is 0 Å². The number of ether oxygens (including phenoxy) is 1. The molecule has 0 aliphatic heterocycles. The predicted molar refractivity (Wildman–Crippen MR) is 84.6 cm³/mol. The van der Waals surface area contributed by atoms with Crippen LogP contribution in [0.1, 0.15) is 27.0 Å². The Hall–Kier alpha value is -1.61. The van der Waals surface area contributed by atoms with Crippen molar-refractivity contribution in [2.45, 2.75) is 20.8 Å². The maximum Gasteiger partial charge on any atom is 0.200 e. The van der Waals surface area contributed by atoms with Gasteiger partial charge in [0.15, 0.2) is 6.61 Å². The minimum absolute atomic E-state index is 0.00996. The van der Waals surface area contributed by atoms with E-state index in [1.165, 1.54) is 5.56 Å². The first-order valence-electron chi connectivity index (χ1n) is 6.47. The molecule has 0 radical (unpaired) electrons. The van der Waals surface area contributed by atoms with Gasteiger partial charge in [0.2, 0.25) is 5.78 Å². The third-order valence-corrected chi connectivity index (χ3v) is 3.81. The van der Waals surface area contributed by atoms with E-state index in [1.807, 2.05) is 57.2 Å². The van der Waals surface area contributed by atoms with Crippen molar-refractivity contribution in [2.24, 2.45) is 0 Å². The lowest BCUT2D eigenvalue weighted by Gasteiger charge is -2.12. The number of para-hydroxylation sites is 1. The maximum absolute atomic E-state index is 12.3. The Labute approximate surface area is 127 Å². The van der Waals surface area contributed by atoms with Crippen LogP contribution in [0.25, 0.3) is 0 Å². The molecule has 104 valence electrons. The standard InChI is InChI=1S/C17H17BrO2/c1-11-8-12(2)17(13(3)9-11)15(19)10-20-16-7-5-4-6-14(16)18/h4-9H,10H2,1-3H3. The van der Waals surface area contributed by atoms with Crippen LogP contribution in [0.3, 0.4) is 0 Å². The summed E-state index contributed by atoms with van der Waals surface area (Å²) in [6.07, 6.45) is 0. The van der Waals surface area contributed by atoms with Gasteiger partial charge in [0, 0.05) is 5.56 Å². The van der Waals surface area contributed by atoms with E-state index in [-0.39, 0.29) is 12.4 Å². The van der Waals surface area contributed by atoms with Crippen molar-refractivity contribution in [2.75, 3.05) is 6.61 Å². The molecular weight excluding hydrogens is 316 g/mol. The van der Waals surface area contributed by atoms with Crippen LogP contribution in [-0.4, -0.2) is 12.4 Å². The summed E-state index contributed by atoms with van der Waals surface area (Å²) in [5.74, 6) is 0.694. The van der Waals surface area contributed by atoms with Gasteiger partial charge in [-0.3, -0.25) is 4.79 Å². The normalized spacial score (nSPS) is 10.4. The molecule has 0 saturated heterocycles. The summed E-state index contributed by atoms with van der Waals surface area (Å²) in [7, 11) is 0. The molecule has 0 N–H and O–H groups in total. The van der Waals surface area contributed by atoms with Gasteiger partial charge in [0.25, 0.3) is 0 Å². The Bertz CT molecular complexity index is 624. The van der Waals surface area contributed by atoms with Crippen LogP contribution in [-0.2, 0) is 0 Å². The smallest absolute Gasteiger partial charge is 0.200 e. The molecule has 0 fully saturated rings. The van der Waals surface area contributed by atoms with Crippen molar-refractivity contribution in [3.8, 4) is 5.75 Å². The zero-order chi connectivity index (χ0) is 14.7. The first-order valence-corrected chi connectivity index (χ1v) is 7.26. The zero-order valence-electron chi connectivity index (χ0n) is 11.9. The second-order valence-corrected chi connectivity index (χ2v) is 5.77. The number of rotatable bonds is 4. The van der Waals surface area contributed by atoms with Crippen molar-refractivity contribution in [1.82, 2.24) is 0 Å². The fraction of sp³-hybridized carbons (Fsp3) is 0.235. The molecule has 0 saturated carbocycles. The highest BCUT2D eigenvalue weighted by molar-refractivity contribution is 9.10. The van der Waals surface area contributed by atoms with Crippen molar-refractivity contribution >= 4 is 21.7 Å². The van der Waals surface area contributed by atoms with Crippen LogP contribution in [0.2, 0.25) is 0 Å². The lowest BCUT2D eigenvalue weighted by Crippen LogP contribution is -2.14. The monoisotopic (exact) mass is 332 g/mol. The largest absolute Gasteiger partial charge is 0.484 e. The highest BCUT2D eigenvalue weighted by Crippen LogP contribution is 2.24. The van der Waals surface area contributed by atoms with Crippen molar-refractivity contribution in [3.63, 3.8) is 0 Å². The van der Waals surface area contributed by atoms with Gasteiger partial charge in [0.05, 0.1) is 4.47 Å². The van der Waals surface area contributed by atoms with E-state index in [9.17, 15) is 4.79 Å². The highest BCUT2D eigenvalue weighted by Gasteiger charge is 2.14. The van der Waals surface area contributed by atoms with Crippen molar-refractivity contribution < 1.29 is 9.53 Å². The number of hydrogen-bond acceptors (Lipinski definition) is 2. The van der Waals surface area contributed by atoms with Crippen LogP contribution in [0.5, 0.6) is 5.75 Å². The second kappa shape index (κ2) is 6.23. The number of aryl methyl sites for hydroxylation is 3. The lowest BCUT2D eigenvalue weighted by molar-refractivity contribution is 0.0920. The Kier molecular flexibility index (Phi) is 4.61. The predicted octanol–water partition coefficient (Wildman–Crippen LogP) is 4.64. The zero-order valence-corrected chi connectivity index (χ0v) is 13.5. The van der Waals surface area contributed by atoms with Gasteiger partial charge in [-0.25, -0.2) is 0 Å². The van der Waals surface area contributed by atoms with E-state index in [0.29, 0.717) is 5.75 Å². The molecule has 0 spiro atoms. The molecule has 3 heteroatoms. The highest BCUT2D eigenvalue weighted by atomic mass is 79.9. The van der Waals surface area contributed by atoms with Gasteiger partial charge in [-0.15, -0.1) is 0 Å². The third-order valence-electron chi connectivity index (χ3n) is 3.15. The molecular formula is C17H17BrO2. The average Bonchev–Trinajstić information content (AvgIpc) is 2.36.